The minimum atomic E-state index is -0.849. The summed E-state index contributed by atoms with van der Waals surface area (Å²) in [7, 11) is 0. The number of hydrogen-bond donors (Lipinski definition) is 4. The Kier molecular flexibility index (Phi) is 12.4. The van der Waals surface area contributed by atoms with Crippen molar-refractivity contribution in [1.82, 2.24) is 0 Å². The third-order valence-electron chi connectivity index (χ3n) is 4.42. The van der Waals surface area contributed by atoms with Gasteiger partial charge in [-0.3, -0.25) is 4.79 Å². The van der Waals surface area contributed by atoms with Gasteiger partial charge in [0.25, 0.3) is 0 Å². The highest BCUT2D eigenvalue weighted by Gasteiger charge is 2.35. The lowest BCUT2D eigenvalue weighted by atomic mass is 10.0. The highest BCUT2D eigenvalue weighted by atomic mass is 16.5. The minimum absolute atomic E-state index is 0.0683. The van der Waals surface area contributed by atoms with Crippen LogP contribution in [0.2, 0.25) is 0 Å². The van der Waals surface area contributed by atoms with Gasteiger partial charge in [0.2, 0.25) is 0 Å². The molecule has 0 aromatic carbocycles. The molecule has 28 heavy (non-hydrogen) atoms. The van der Waals surface area contributed by atoms with Crippen molar-refractivity contribution in [3.8, 4) is 0 Å². The van der Waals surface area contributed by atoms with Gasteiger partial charge in [0, 0.05) is 12.8 Å². The maximum Gasteiger partial charge on any atom is 0.303 e. The Morgan fingerprint density at radius 1 is 1.11 bits per heavy atom. The molecule has 158 valence electrons. The monoisotopic (exact) mass is 394 g/mol. The first-order valence-corrected chi connectivity index (χ1v) is 9.98. The molecule has 5 atom stereocenters. The van der Waals surface area contributed by atoms with Gasteiger partial charge in [0.05, 0.1) is 24.4 Å². The maximum absolute atomic E-state index is 10.4. The molecule has 1 aliphatic heterocycles. The van der Waals surface area contributed by atoms with Crippen LogP contribution in [0.25, 0.3) is 0 Å². The smallest absolute Gasteiger partial charge is 0.303 e. The predicted octanol–water partition coefficient (Wildman–Crippen LogP) is 2.90. The van der Waals surface area contributed by atoms with E-state index in [1.165, 1.54) is 0 Å². The van der Waals surface area contributed by atoms with Gasteiger partial charge in [-0.1, -0.05) is 55.5 Å². The van der Waals surface area contributed by atoms with Gasteiger partial charge in [0.15, 0.2) is 0 Å². The number of rotatable bonds is 13. The van der Waals surface area contributed by atoms with Crippen molar-refractivity contribution in [2.75, 3.05) is 0 Å². The molecule has 1 saturated heterocycles. The SMILES string of the molecule is CC/C=C\C/C=C\C[C@H](O)[C@H]1C[C@@H](O)[C@@H](/C=C/[C@@H](O)C/C=C\CCC(=O)O)O1. The van der Waals surface area contributed by atoms with Crippen molar-refractivity contribution in [1.29, 1.82) is 0 Å². The Morgan fingerprint density at radius 2 is 1.82 bits per heavy atom. The Balaban J connectivity index is 2.34. The molecule has 0 aromatic heterocycles. The highest BCUT2D eigenvalue weighted by molar-refractivity contribution is 5.66. The normalized spacial score (nSPS) is 25.5. The predicted molar refractivity (Wildman–Crippen MR) is 109 cm³/mol. The van der Waals surface area contributed by atoms with E-state index in [9.17, 15) is 20.1 Å². The molecular formula is C22H34O6. The number of carboxylic acid groups (broad SMARTS) is 1. The molecule has 0 radical (unpaired) electrons. The summed E-state index contributed by atoms with van der Waals surface area (Å²) in [6, 6.07) is 0. The summed E-state index contributed by atoms with van der Waals surface area (Å²) in [5, 5.41) is 38.8. The van der Waals surface area contributed by atoms with Crippen molar-refractivity contribution in [3.63, 3.8) is 0 Å². The van der Waals surface area contributed by atoms with E-state index in [1.807, 2.05) is 12.2 Å². The summed E-state index contributed by atoms with van der Waals surface area (Å²) in [5.74, 6) is -0.849. The van der Waals surface area contributed by atoms with E-state index in [0.717, 1.165) is 12.8 Å². The average Bonchev–Trinajstić information content (AvgIpc) is 3.03. The molecule has 0 aromatic rings. The Bertz CT molecular complexity index is 551. The van der Waals surface area contributed by atoms with Gasteiger partial charge < -0.3 is 25.2 Å². The molecule has 0 bridgehead atoms. The van der Waals surface area contributed by atoms with Crippen molar-refractivity contribution < 1.29 is 30.0 Å². The highest BCUT2D eigenvalue weighted by Crippen LogP contribution is 2.25. The minimum Gasteiger partial charge on any atom is -0.481 e. The van der Waals surface area contributed by atoms with E-state index in [0.29, 0.717) is 25.7 Å². The van der Waals surface area contributed by atoms with E-state index < -0.39 is 36.5 Å². The van der Waals surface area contributed by atoms with Crippen molar-refractivity contribution in [2.24, 2.45) is 0 Å². The van der Waals surface area contributed by atoms with Crippen LogP contribution in [-0.2, 0) is 9.53 Å². The van der Waals surface area contributed by atoms with Crippen molar-refractivity contribution in [3.05, 3.63) is 48.6 Å². The molecule has 6 heteroatoms. The topological polar surface area (TPSA) is 107 Å². The first-order valence-electron chi connectivity index (χ1n) is 9.98. The van der Waals surface area contributed by atoms with Crippen molar-refractivity contribution >= 4 is 5.97 Å². The van der Waals surface area contributed by atoms with Crippen LogP contribution >= 0.6 is 0 Å². The van der Waals surface area contributed by atoms with E-state index in [1.54, 1.807) is 24.3 Å². The molecule has 0 aliphatic carbocycles. The summed E-state index contributed by atoms with van der Waals surface area (Å²) in [6.45, 7) is 2.08. The van der Waals surface area contributed by atoms with Crippen LogP contribution in [0, 0.1) is 0 Å². The fourth-order valence-corrected chi connectivity index (χ4v) is 2.84. The summed E-state index contributed by atoms with van der Waals surface area (Å²) < 4.78 is 5.72. The number of carbonyl (C=O) groups is 1. The van der Waals surface area contributed by atoms with E-state index in [2.05, 4.69) is 19.1 Å². The quantitative estimate of drug-likeness (QED) is 0.358. The summed E-state index contributed by atoms with van der Waals surface area (Å²) in [5.41, 5.74) is 0. The standard InChI is InChI=1S/C22H34O6/c1-2-3-4-5-6-9-12-18(24)21-16-19(25)20(28-21)15-14-17(23)11-8-7-10-13-22(26)27/h3-4,6-9,14-15,17-21,23-25H,2,5,10-13,16H2,1H3,(H,26,27)/b4-3-,8-7-,9-6-,15-14+/t17-,18-,19+,20+,21+/m0/s1. The van der Waals surface area contributed by atoms with Gasteiger partial charge in [-0.25, -0.2) is 0 Å². The van der Waals surface area contributed by atoms with Gasteiger partial charge in [-0.05, 0) is 32.1 Å². The molecular weight excluding hydrogens is 360 g/mol. The molecule has 0 amide bonds. The lowest BCUT2D eigenvalue weighted by Gasteiger charge is -2.16. The summed E-state index contributed by atoms with van der Waals surface area (Å²) >= 11 is 0. The van der Waals surface area contributed by atoms with Gasteiger partial charge >= 0.3 is 5.97 Å². The zero-order valence-corrected chi connectivity index (χ0v) is 16.6. The molecule has 1 rings (SSSR count). The van der Waals surface area contributed by atoms with Gasteiger partial charge in [0.1, 0.15) is 6.10 Å². The third kappa shape index (κ3) is 10.6. The lowest BCUT2D eigenvalue weighted by Crippen LogP contribution is -2.25. The fourth-order valence-electron chi connectivity index (χ4n) is 2.84. The Hall–Kier alpha value is -1.73. The van der Waals surface area contributed by atoms with Crippen LogP contribution in [-0.4, -0.2) is 56.9 Å². The molecule has 0 unspecified atom stereocenters. The zero-order chi connectivity index (χ0) is 20.8. The molecule has 1 fully saturated rings. The van der Waals surface area contributed by atoms with Gasteiger partial charge in [-0.2, -0.15) is 0 Å². The summed E-state index contributed by atoms with van der Waals surface area (Å²) in [6.07, 6.45) is 15.1. The number of carboxylic acids is 1. The second-order valence-electron chi connectivity index (χ2n) is 6.92. The van der Waals surface area contributed by atoms with Crippen LogP contribution in [0.5, 0.6) is 0 Å². The van der Waals surface area contributed by atoms with E-state index >= 15 is 0 Å². The fraction of sp³-hybridized carbons (Fsp3) is 0.591. The number of aliphatic carboxylic acids is 1. The van der Waals surface area contributed by atoms with Crippen LogP contribution in [0.4, 0.5) is 0 Å². The van der Waals surface area contributed by atoms with Crippen molar-refractivity contribution in [2.45, 2.75) is 82.4 Å². The largest absolute Gasteiger partial charge is 0.481 e. The summed E-state index contributed by atoms with van der Waals surface area (Å²) in [4.78, 5) is 10.4. The van der Waals surface area contributed by atoms with E-state index in [4.69, 9.17) is 9.84 Å². The average molecular weight is 395 g/mol. The second-order valence-corrected chi connectivity index (χ2v) is 6.92. The number of hydrogen-bond acceptors (Lipinski definition) is 5. The third-order valence-corrected chi connectivity index (χ3v) is 4.42. The van der Waals surface area contributed by atoms with Crippen LogP contribution in [0.15, 0.2) is 48.6 Å². The molecule has 1 aliphatic rings. The first kappa shape index (κ1) is 24.3. The number of aliphatic hydroxyl groups is 3. The van der Waals surface area contributed by atoms with Gasteiger partial charge in [-0.15, -0.1) is 0 Å². The van der Waals surface area contributed by atoms with Crippen LogP contribution in [0.3, 0.4) is 0 Å². The Labute approximate surface area is 167 Å². The number of ether oxygens (including phenoxy) is 1. The Morgan fingerprint density at radius 3 is 2.54 bits per heavy atom. The molecule has 4 N–H and O–H groups in total. The zero-order valence-electron chi connectivity index (χ0n) is 16.6. The van der Waals surface area contributed by atoms with Crippen LogP contribution in [0.1, 0.15) is 51.9 Å². The van der Waals surface area contributed by atoms with E-state index in [-0.39, 0.29) is 6.42 Å². The maximum atomic E-state index is 10.4. The second kappa shape index (κ2) is 14.3. The number of allylic oxidation sites excluding steroid dienone is 4. The first-order chi connectivity index (χ1) is 13.4. The number of aliphatic hydroxyl groups excluding tert-OH is 3. The molecule has 6 nitrogen and oxygen atoms in total. The molecule has 0 spiro atoms. The molecule has 1 heterocycles. The van der Waals surface area contributed by atoms with Crippen LogP contribution < -0.4 is 0 Å². The lowest BCUT2D eigenvalue weighted by molar-refractivity contribution is -0.136. The molecule has 0 saturated carbocycles.